The van der Waals surface area contributed by atoms with Crippen LogP contribution in [0.5, 0.6) is 0 Å². The van der Waals surface area contributed by atoms with Crippen LogP contribution in [0.3, 0.4) is 0 Å². The Morgan fingerprint density at radius 3 is 1.93 bits per heavy atom. The van der Waals surface area contributed by atoms with E-state index in [-0.39, 0.29) is 75.5 Å². The van der Waals surface area contributed by atoms with Gasteiger partial charge in [0, 0.05) is 72.2 Å². The molecule has 0 saturated carbocycles. The number of urea groups is 1. The van der Waals surface area contributed by atoms with Gasteiger partial charge in [-0.15, -0.1) is 0 Å². The number of nitrogens with zero attached hydrogens (tertiary/aromatic N) is 4. The van der Waals surface area contributed by atoms with Gasteiger partial charge >= 0.3 is 12.1 Å². The van der Waals surface area contributed by atoms with Crippen molar-refractivity contribution in [1.29, 1.82) is 0 Å². The van der Waals surface area contributed by atoms with Crippen LogP contribution in [0.4, 0.5) is 15.3 Å². The molecule has 4 rings (SSSR count). The molecule has 99 heavy (non-hydrogen) atoms. The van der Waals surface area contributed by atoms with Crippen LogP contribution in [-0.4, -0.2) is 204 Å². The molecule has 2 aromatic carbocycles. The molecule has 1 saturated heterocycles. The Kier molecular flexibility index (Phi) is 32.9. The van der Waals surface area contributed by atoms with E-state index in [1.54, 1.807) is 89.9 Å². The molecule has 1 fully saturated rings. The van der Waals surface area contributed by atoms with Crippen molar-refractivity contribution in [2.24, 2.45) is 35.3 Å². The summed E-state index contributed by atoms with van der Waals surface area (Å²) in [7, 11) is 6.05. The number of nitrogens with one attached hydrogen (secondary N) is 7. The fourth-order valence-corrected chi connectivity index (χ4v) is 12.3. The Labute approximate surface area is 583 Å². The Bertz CT molecular complexity index is 3090. The number of rotatable bonds is 39. The number of carbonyl (C=O) groups is 12. The lowest BCUT2D eigenvalue weighted by atomic mass is 9.89. The average molecular weight is 1390 g/mol. The van der Waals surface area contributed by atoms with Crippen LogP contribution in [0.25, 0.3) is 0 Å². The molecule has 0 bridgehead atoms. The van der Waals surface area contributed by atoms with Gasteiger partial charge in [0.25, 0.3) is 11.8 Å². The van der Waals surface area contributed by atoms with Crippen molar-refractivity contribution in [3.8, 4) is 0 Å². The van der Waals surface area contributed by atoms with Crippen LogP contribution in [0.1, 0.15) is 158 Å². The van der Waals surface area contributed by atoms with Gasteiger partial charge in [0.05, 0.1) is 48.8 Å². The molecule has 28 nitrogen and oxygen atoms in total. The van der Waals surface area contributed by atoms with Crippen LogP contribution in [0.15, 0.2) is 66.7 Å². The smallest absolute Gasteiger partial charge is 0.410 e. The number of ether oxygens (including phenoxy) is 3. The van der Waals surface area contributed by atoms with Crippen molar-refractivity contribution < 1.29 is 76.9 Å². The number of amides is 13. The number of benzene rings is 2. The number of likely N-dealkylation sites (N-methyl/N-ethyl adjacent to an activating group) is 2. The number of carbonyl (C=O) groups excluding carboxylic acids is 12. The SMILES string of the molecule is CC[C@H](C)[C@@H]([C@@H](CC(=O)N1CCC[C@H]1[C@H](OC)[C@@H](C)C(=O)N[C@H](C)[C@@H](O)c1ccccc1)OC)N(C)C(=O)[C@@H](NC(=O)[C@H](C(C)C)N(C)C(=O)OCc1ccc(NC(=O)[C@H](CCCNC(N)=O)NC(=O)C(C)(C)NC(=O)[C@@H](CCC(C)C)NC(=O)CCN2C(=O)C=CC2=O)cc1)C(C)C. The number of methoxy groups -OCH3 is 2. The third-order valence-corrected chi connectivity index (χ3v) is 18.4. The standard InChI is InChI=1S/C71H110N12O16/c1-17-44(8)60(53(97-15)39-57(87)82-37-22-26-52(82)62(98-16)45(9)63(89)74-46(10)61(88)48-23-19-18-20-24-48)80(13)67(93)58(42(4)5)78-66(92)59(43(6)7)81(14)70(96)99-40-47-28-30-49(31-29-47)75-64(90)50(25-21-36-73-69(72)95)77-68(94)71(11,12)79-65(91)51(32-27-41(2)3)76-54(84)35-38-83-55(85)33-34-56(83)86/h18-20,23-24,28-31,33-34,41-46,50-53,58-62,88H,17,21-22,25-27,32,35-40H2,1-16H3,(H,74,89)(H,75,90)(H,76,84)(H,77,94)(H,78,92)(H,79,91)(H3,72,73,95)/t44-,45+,46+,50-,51+,52-,53+,58-,59-,60-,61+,62+/m0/s1. The second-order valence-electron chi connectivity index (χ2n) is 27.6. The number of aliphatic hydroxyl groups is 1. The molecule has 13 amide bonds. The summed E-state index contributed by atoms with van der Waals surface area (Å²) in [5.41, 5.74) is 5.07. The molecule has 10 N–H and O–H groups in total. The van der Waals surface area contributed by atoms with Gasteiger partial charge in [-0.2, -0.15) is 0 Å². The van der Waals surface area contributed by atoms with Gasteiger partial charge in [-0.25, -0.2) is 9.59 Å². The van der Waals surface area contributed by atoms with Crippen LogP contribution in [0, 0.1) is 29.6 Å². The summed E-state index contributed by atoms with van der Waals surface area (Å²) in [5, 5.41) is 30.1. The first-order valence-electron chi connectivity index (χ1n) is 34.3. The van der Waals surface area contributed by atoms with Gasteiger partial charge in [-0.3, -0.25) is 57.7 Å². The molecule has 2 aliphatic heterocycles. The third-order valence-electron chi connectivity index (χ3n) is 18.4. The molecule has 0 radical (unpaired) electrons. The van der Waals surface area contributed by atoms with E-state index in [1.807, 2.05) is 45.9 Å². The van der Waals surface area contributed by atoms with E-state index < -0.39 is 143 Å². The van der Waals surface area contributed by atoms with Gasteiger partial charge < -0.3 is 72.1 Å². The first-order valence-corrected chi connectivity index (χ1v) is 34.3. The second kappa shape index (κ2) is 39.3. The largest absolute Gasteiger partial charge is 0.445 e. The zero-order valence-corrected chi connectivity index (χ0v) is 60.6. The Hall–Kier alpha value is -8.50. The summed E-state index contributed by atoms with van der Waals surface area (Å²) in [4.78, 5) is 167. The number of likely N-dealkylation sites (tertiary alicyclic amines) is 1. The van der Waals surface area contributed by atoms with Crippen molar-refractivity contribution in [3.63, 3.8) is 0 Å². The second-order valence-corrected chi connectivity index (χ2v) is 27.6. The topological polar surface area (TPSA) is 376 Å². The summed E-state index contributed by atoms with van der Waals surface area (Å²) in [6.07, 6.45) is 1.38. The zero-order chi connectivity index (χ0) is 74.2. The molecular weight excluding hydrogens is 1280 g/mol. The maximum Gasteiger partial charge on any atom is 0.410 e. The van der Waals surface area contributed by atoms with Crippen molar-refractivity contribution in [3.05, 3.63) is 77.9 Å². The number of aliphatic hydroxyl groups excluding tert-OH is 1. The molecular formula is C71H110N12O16. The lowest BCUT2D eigenvalue weighted by Gasteiger charge is -2.41. The van der Waals surface area contributed by atoms with Gasteiger partial charge in [-0.05, 0) is 106 Å². The highest BCUT2D eigenvalue weighted by Gasteiger charge is 2.44. The lowest BCUT2D eigenvalue weighted by molar-refractivity contribution is -0.148. The molecule has 0 spiro atoms. The predicted molar refractivity (Wildman–Crippen MR) is 371 cm³/mol. The van der Waals surface area contributed by atoms with Crippen LogP contribution in [0.2, 0.25) is 0 Å². The first-order chi connectivity index (χ1) is 46.6. The van der Waals surface area contributed by atoms with E-state index in [0.717, 1.165) is 22.0 Å². The average Bonchev–Trinajstić information content (AvgIpc) is 1.75. The molecule has 2 aliphatic rings. The van der Waals surface area contributed by atoms with Crippen molar-refractivity contribution in [2.75, 3.05) is 53.3 Å². The van der Waals surface area contributed by atoms with Gasteiger partial charge in [0.2, 0.25) is 47.3 Å². The van der Waals surface area contributed by atoms with Crippen molar-refractivity contribution >= 4 is 76.9 Å². The summed E-state index contributed by atoms with van der Waals surface area (Å²) in [6, 6.07) is 8.34. The van der Waals surface area contributed by atoms with Crippen molar-refractivity contribution in [2.45, 2.75) is 214 Å². The molecule has 0 unspecified atom stereocenters. The van der Waals surface area contributed by atoms with Gasteiger partial charge in [0.1, 0.15) is 36.3 Å². The molecule has 550 valence electrons. The van der Waals surface area contributed by atoms with Crippen LogP contribution >= 0.6 is 0 Å². The van der Waals surface area contributed by atoms with E-state index in [4.69, 9.17) is 19.9 Å². The maximum atomic E-state index is 14.8. The number of nitrogens with two attached hydrogens (primary N) is 1. The van der Waals surface area contributed by atoms with E-state index in [0.29, 0.717) is 49.0 Å². The Morgan fingerprint density at radius 1 is 0.737 bits per heavy atom. The molecule has 2 heterocycles. The minimum absolute atomic E-state index is 0.0130. The third kappa shape index (κ3) is 24.4. The Morgan fingerprint density at radius 2 is 1.36 bits per heavy atom. The number of primary amides is 1. The quantitative estimate of drug-likeness (QED) is 0.0327. The number of anilines is 1. The lowest BCUT2D eigenvalue weighted by Crippen LogP contribution is -2.61. The highest BCUT2D eigenvalue weighted by atomic mass is 16.6. The minimum atomic E-state index is -1.64. The molecule has 2 aromatic rings. The summed E-state index contributed by atoms with van der Waals surface area (Å²) in [6.45, 7) is 21.2. The van der Waals surface area contributed by atoms with E-state index in [2.05, 4.69) is 37.2 Å². The highest BCUT2D eigenvalue weighted by Crippen LogP contribution is 2.31. The molecule has 0 aliphatic carbocycles. The van der Waals surface area contributed by atoms with E-state index in [1.165, 1.54) is 40.0 Å². The minimum Gasteiger partial charge on any atom is -0.445 e. The van der Waals surface area contributed by atoms with Crippen LogP contribution < -0.4 is 43.0 Å². The van der Waals surface area contributed by atoms with Crippen molar-refractivity contribution in [1.82, 2.24) is 51.5 Å². The molecule has 28 heteroatoms. The highest BCUT2D eigenvalue weighted by molar-refractivity contribution is 6.13. The Balaban J connectivity index is 1.40. The molecule has 0 aromatic heterocycles. The number of hydrogen-bond acceptors (Lipinski definition) is 16. The number of hydrogen-bond donors (Lipinski definition) is 9. The fraction of sp³-hybridized carbons (Fsp3) is 0.634. The van der Waals surface area contributed by atoms with E-state index in [9.17, 15) is 62.6 Å². The van der Waals surface area contributed by atoms with Crippen LogP contribution in [-0.2, 0) is 68.8 Å². The summed E-state index contributed by atoms with van der Waals surface area (Å²) >= 11 is 0. The molecule has 12 atom stereocenters. The summed E-state index contributed by atoms with van der Waals surface area (Å²) < 4.78 is 17.8. The first kappa shape index (κ1) is 82.9. The zero-order valence-electron chi connectivity index (χ0n) is 60.6. The van der Waals surface area contributed by atoms with Gasteiger partial charge in [0.15, 0.2) is 0 Å². The monoisotopic (exact) mass is 1390 g/mol. The maximum absolute atomic E-state index is 14.8. The summed E-state index contributed by atoms with van der Waals surface area (Å²) in [5.74, 6) is -7.06. The predicted octanol–water partition coefficient (Wildman–Crippen LogP) is 4.58. The van der Waals surface area contributed by atoms with E-state index >= 15 is 0 Å². The van der Waals surface area contributed by atoms with Gasteiger partial charge in [-0.1, -0.05) is 111 Å². The normalized spacial score (nSPS) is 17.2. The fourth-order valence-electron chi connectivity index (χ4n) is 12.3. The number of imide groups is 1.